The number of nitrogens with one attached hydrogen (secondary N) is 1. The predicted molar refractivity (Wildman–Crippen MR) is 111 cm³/mol. The lowest BCUT2D eigenvalue weighted by Gasteiger charge is -2.36. The maximum atomic E-state index is 13.0. The second-order valence-corrected chi connectivity index (χ2v) is 9.45. The molecule has 0 aromatic heterocycles. The van der Waals surface area contributed by atoms with E-state index in [-0.39, 0.29) is 37.3 Å². The molecule has 1 aromatic carbocycles. The number of alkyl carbamates (subject to hydrolysis) is 1. The van der Waals surface area contributed by atoms with E-state index >= 15 is 0 Å². The lowest BCUT2D eigenvalue weighted by Crippen LogP contribution is -2.57. The van der Waals surface area contributed by atoms with E-state index in [1.807, 2.05) is 44.2 Å². The first-order valence-corrected chi connectivity index (χ1v) is 11.6. The average Bonchev–Trinajstić information content (AvgIpc) is 2.75. The fraction of sp³-hybridized carbons (Fsp3) is 0.600. The molecule has 0 spiro atoms. The molecule has 0 radical (unpaired) electrons. The fourth-order valence-corrected chi connectivity index (χ4v) is 4.23. The van der Waals surface area contributed by atoms with Crippen molar-refractivity contribution in [2.45, 2.75) is 39.8 Å². The molecule has 0 saturated carbocycles. The first-order valence-electron chi connectivity index (χ1n) is 10.0. The number of carbonyl (C=O) groups excluding carboxylic acids is 2. The maximum absolute atomic E-state index is 13.0. The standard InChI is InChI=1S/C20H31N3O5S/c1-4-16(3)18(21-20(25)28-15-17-9-7-6-8-10-17)19(24)22-11-13-23(14-12-22)29(26,27)5-2/h6-10,16,18H,4-5,11-15H2,1-3H3,(H,21,25)/t16-,18-/m0/s1. The van der Waals surface area contributed by atoms with Crippen LogP contribution in [0.15, 0.2) is 30.3 Å². The molecule has 1 heterocycles. The molecule has 1 N–H and O–H groups in total. The zero-order valence-corrected chi connectivity index (χ0v) is 18.2. The average molecular weight is 426 g/mol. The number of hydrogen-bond donors (Lipinski definition) is 1. The maximum Gasteiger partial charge on any atom is 0.408 e. The van der Waals surface area contributed by atoms with Crippen molar-refractivity contribution >= 4 is 22.0 Å². The van der Waals surface area contributed by atoms with Crippen molar-refractivity contribution in [1.82, 2.24) is 14.5 Å². The van der Waals surface area contributed by atoms with Gasteiger partial charge in [0.05, 0.1) is 5.75 Å². The zero-order valence-electron chi connectivity index (χ0n) is 17.3. The molecule has 2 amide bonds. The molecule has 2 atom stereocenters. The molecule has 8 nitrogen and oxygen atoms in total. The summed E-state index contributed by atoms with van der Waals surface area (Å²) in [5.74, 6) is -0.237. The van der Waals surface area contributed by atoms with Crippen LogP contribution >= 0.6 is 0 Å². The Morgan fingerprint density at radius 1 is 1.10 bits per heavy atom. The third kappa shape index (κ3) is 6.43. The summed E-state index contributed by atoms with van der Waals surface area (Å²) in [5, 5.41) is 2.70. The van der Waals surface area contributed by atoms with Gasteiger partial charge in [-0.25, -0.2) is 13.2 Å². The second kappa shape index (κ2) is 10.6. The van der Waals surface area contributed by atoms with Crippen LogP contribution in [-0.2, 0) is 26.2 Å². The molecule has 1 fully saturated rings. The highest BCUT2D eigenvalue weighted by Crippen LogP contribution is 2.15. The number of carbonyl (C=O) groups is 2. The van der Waals surface area contributed by atoms with Crippen LogP contribution in [0.4, 0.5) is 4.79 Å². The number of nitrogens with zero attached hydrogens (tertiary/aromatic N) is 2. The number of benzene rings is 1. The van der Waals surface area contributed by atoms with Crippen molar-refractivity contribution in [3.63, 3.8) is 0 Å². The van der Waals surface area contributed by atoms with E-state index in [9.17, 15) is 18.0 Å². The lowest BCUT2D eigenvalue weighted by molar-refractivity contribution is -0.135. The predicted octanol–water partition coefficient (Wildman–Crippen LogP) is 1.82. The van der Waals surface area contributed by atoms with Crippen LogP contribution < -0.4 is 5.32 Å². The molecular formula is C20H31N3O5S. The van der Waals surface area contributed by atoms with Gasteiger partial charge in [-0.1, -0.05) is 50.6 Å². The van der Waals surface area contributed by atoms with Gasteiger partial charge in [-0.2, -0.15) is 4.31 Å². The highest BCUT2D eigenvalue weighted by molar-refractivity contribution is 7.89. The van der Waals surface area contributed by atoms with E-state index in [2.05, 4.69) is 5.32 Å². The van der Waals surface area contributed by atoms with Crippen LogP contribution in [0.25, 0.3) is 0 Å². The third-order valence-corrected chi connectivity index (χ3v) is 7.16. The Labute approximate surface area is 173 Å². The number of piperazine rings is 1. The van der Waals surface area contributed by atoms with Gasteiger partial charge in [0.2, 0.25) is 15.9 Å². The normalized spacial score (nSPS) is 17.4. The van der Waals surface area contributed by atoms with Crippen molar-refractivity contribution in [1.29, 1.82) is 0 Å². The van der Waals surface area contributed by atoms with Gasteiger partial charge in [0.25, 0.3) is 0 Å². The minimum Gasteiger partial charge on any atom is -0.445 e. The van der Waals surface area contributed by atoms with E-state index in [0.717, 1.165) is 5.56 Å². The molecule has 2 rings (SSSR count). The molecule has 0 unspecified atom stereocenters. The van der Waals surface area contributed by atoms with E-state index in [0.29, 0.717) is 19.5 Å². The van der Waals surface area contributed by atoms with Gasteiger partial charge >= 0.3 is 6.09 Å². The van der Waals surface area contributed by atoms with E-state index in [1.54, 1.807) is 11.8 Å². The summed E-state index contributed by atoms with van der Waals surface area (Å²) in [4.78, 5) is 26.9. The molecule has 0 aliphatic carbocycles. The second-order valence-electron chi connectivity index (χ2n) is 7.19. The van der Waals surface area contributed by atoms with Crippen molar-refractivity contribution in [2.75, 3.05) is 31.9 Å². The van der Waals surface area contributed by atoms with Crippen molar-refractivity contribution in [3.8, 4) is 0 Å². The van der Waals surface area contributed by atoms with Gasteiger partial charge in [-0.3, -0.25) is 4.79 Å². The van der Waals surface area contributed by atoms with Crippen molar-refractivity contribution in [3.05, 3.63) is 35.9 Å². The largest absolute Gasteiger partial charge is 0.445 e. The number of rotatable bonds is 8. The monoisotopic (exact) mass is 425 g/mol. The van der Waals surface area contributed by atoms with Crippen molar-refractivity contribution < 1.29 is 22.7 Å². The van der Waals surface area contributed by atoms with Gasteiger partial charge in [0.15, 0.2) is 0 Å². The molecule has 1 aliphatic heterocycles. The van der Waals surface area contributed by atoms with Crippen LogP contribution in [0.1, 0.15) is 32.8 Å². The quantitative estimate of drug-likeness (QED) is 0.685. The Bertz CT molecular complexity index is 777. The Kier molecular flexibility index (Phi) is 8.45. The summed E-state index contributed by atoms with van der Waals surface area (Å²) < 4.78 is 30.7. The summed E-state index contributed by atoms with van der Waals surface area (Å²) >= 11 is 0. The molecule has 1 aromatic rings. The summed E-state index contributed by atoms with van der Waals surface area (Å²) in [6.45, 7) is 6.75. The van der Waals surface area contributed by atoms with Crippen LogP contribution in [0.3, 0.4) is 0 Å². The van der Waals surface area contributed by atoms with E-state index in [4.69, 9.17) is 4.74 Å². The summed E-state index contributed by atoms with van der Waals surface area (Å²) in [5.41, 5.74) is 0.863. The molecule has 9 heteroatoms. The van der Waals surface area contributed by atoms with Crippen LogP contribution in [-0.4, -0.2) is 67.6 Å². The SMILES string of the molecule is CC[C@H](C)[C@H](NC(=O)OCc1ccccc1)C(=O)N1CCN(S(=O)(=O)CC)CC1. The van der Waals surface area contributed by atoms with Crippen LogP contribution in [0, 0.1) is 5.92 Å². The van der Waals surface area contributed by atoms with E-state index in [1.165, 1.54) is 4.31 Å². The summed E-state index contributed by atoms with van der Waals surface area (Å²) in [6, 6.07) is 8.61. The van der Waals surface area contributed by atoms with Crippen molar-refractivity contribution in [2.24, 2.45) is 5.92 Å². The van der Waals surface area contributed by atoms with Crippen LogP contribution in [0.2, 0.25) is 0 Å². The van der Waals surface area contributed by atoms with Gasteiger partial charge < -0.3 is 15.0 Å². The Morgan fingerprint density at radius 3 is 2.28 bits per heavy atom. The number of amides is 2. The van der Waals surface area contributed by atoms with Gasteiger partial charge in [0, 0.05) is 26.2 Å². The Balaban J connectivity index is 1.95. The number of sulfonamides is 1. The topological polar surface area (TPSA) is 96.0 Å². The fourth-order valence-electron chi connectivity index (χ4n) is 3.14. The zero-order chi connectivity index (χ0) is 21.4. The highest BCUT2D eigenvalue weighted by Gasteiger charge is 2.34. The smallest absolute Gasteiger partial charge is 0.408 e. The summed E-state index contributed by atoms with van der Waals surface area (Å²) in [7, 11) is -3.26. The summed E-state index contributed by atoms with van der Waals surface area (Å²) in [6.07, 6.45) is 0.0687. The third-order valence-electron chi connectivity index (χ3n) is 5.27. The molecule has 1 aliphatic rings. The first kappa shape index (κ1) is 23.2. The lowest BCUT2D eigenvalue weighted by atomic mass is 9.97. The Hall–Kier alpha value is -2.13. The first-order chi connectivity index (χ1) is 13.8. The Morgan fingerprint density at radius 2 is 1.72 bits per heavy atom. The minimum absolute atomic E-state index is 0.0469. The minimum atomic E-state index is -3.26. The van der Waals surface area contributed by atoms with Gasteiger partial charge in [0.1, 0.15) is 12.6 Å². The molecule has 29 heavy (non-hydrogen) atoms. The highest BCUT2D eigenvalue weighted by atomic mass is 32.2. The van der Waals surface area contributed by atoms with Crippen LogP contribution in [0.5, 0.6) is 0 Å². The van der Waals surface area contributed by atoms with E-state index < -0.39 is 22.2 Å². The van der Waals surface area contributed by atoms with Gasteiger partial charge in [-0.15, -0.1) is 0 Å². The molecule has 1 saturated heterocycles. The number of ether oxygens (including phenoxy) is 1. The molecular weight excluding hydrogens is 394 g/mol. The number of hydrogen-bond acceptors (Lipinski definition) is 5. The molecule has 162 valence electrons. The molecule has 0 bridgehead atoms. The van der Waals surface area contributed by atoms with Gasteiger partial charge in [-0.05, 0) is 18.4 Å².